The van der Waals surface area contributed by atoms with Crippen LogP contribution in [0.15, 0.2) is 48.5 Å². The number of hydrogen-bond acceptors (Lipinski definition) is 3. The van der Waals surface area contributed by atoms with Crippen LogP contribution in [0.5, 0.6) is 0 Å². The summed E-state index contributed by atoms with van der Waals surface area (Å²) >= 11 is 0. The summed E-state index contributed by atoms with van der Waals surface area (Å²) in [4.78, 5) is 23.6. The number of carbonyl (C=O) groups excluding carboxylic acids is 2. The average Bonchev–Trinajstić information content (AvgIpc) is 2.48. The maximum atomic E-state index is 11.8. The number of amides is 2. The van der Waals surface area contributed by atoms with E-state index >= 15 is 0 Å². The summed E-state index contributed by atoms with van der Waals surface area (Å²) in [6.07, 6.45) is 0. The van der Waals surface area contributed by atoms with Gasteiger partial charge in [-0.2, -0.15) is 0 Å². The fourth-order valence-corrected chi connectivity index (χ4v) is 1.74. The Morgan fingerprint density at radius 1 is 1.00 bits per heavy atom. The fraction of sp³-hybridized carbons (Fsp3) is 0.125. The van der Waals surface area contributed by atoms with Crippen molar-refractivity contribution >= 4 is 23.2 Å². The van der Waals surface area contributed by atoms with E-state index in [4.69, 9.17) is 5.73 Å². The summed E-state index contributed by atoms with van der Waals surface area (Å²) in [5, 5.41) is 5.27. The second-order valence-corrected chi connectivity index (χ2v) is 4.72. The van der Waals surface area contributed by atoms with Crippen LogP contribution in [0.2, 0.25) is 0 Å². The molecule has 0 aromatic heterocycles. The number of aryl methyl sites for hydroxylation is 1. The summed E-state index contributed by atoms with van der Waals surface area (Å²) in [5.41, 5.74) is 8.42. The standard InChI is InChI=1S/C16H17N3O2/c1-11-2-8-14(9-3-11)19-15(20)10-18-16(21)12-4-6-13(17)7-5-12/h2-9H,10,17H2,1H3,(H,18,21)(H,19,20). The minimum Gasteiger partial charge on any atom is -0.399 e. The number of nitrogens with two attached hydrogens (primary N) is 1. The molecule has 21 heavy (non-hydrogen) atoms. The van der Waals surface area contributed by atoms with Crippen LogP contribution in [-0.2, 0) is 4.79 Å². The van der Waals surface area contributed by atoms with Crippen molar-refractivity contribution in [3.63, 3.8) is 0 Å². The van der Waals surface area contributed by atoms with Gasteiger partial charge in [-0.1, -0.05) is 17.7 Å². The monoisotopic (exact) mass is 283 g/mol. The smallest absolute Gasteiger partial charge is 0.251 e. The van der Waals surface area contributed by atoms with Gasteiger partial charge in [-0.05, 0) is 43.3 Å². The van der Waals surface area contributed by atoms with Crippen molar-refractivity contribution in [3.05, 3.63) is 59.7 Å². The fourth-order valence-electron chi connectivity index (χ4n) is 1.74. The first-order chi connectivity index (χ1) is 10.0. The van der Waals surface area contributed by atoms with E-state index in [0.29, 0.717) is 16.9 Å². The lowest BCUT2D eigenvalue weighted by Gasteiger charge is -2.07. The van der Waals surface area contributed by atoms with Crippen LogP contribution in [0.3, 0.4) is 0 Å². The van der Waals surface area contributed by atoms with Crippen LogP contribution in [0.25, 0.3) is 0 Å². The number of hydrogen-bond donors (Lipinski definition) is 3. The third kappa shape index (κ3) is 4.35. The van der Waals surface area contributed by atoms with Crippen molar-refractivity contribution in [2.24, 2.45) is 0 Å². The number of rotatable bonds is 4. The zero-order valence-corrected chi connectivity index (χ0v) is 11.7. The van der Waals surface area contributed by atoms with E-state index in [2.05, 4.69) is 10.6 Å². The summed E-state index contributed by atoms with van der Waals surface area (Å²) in [5.74, 6) is -0.586. The molecule has 0 fully saturated rings. The SMILES string of the molecule is Cc1ccc(NC(=O)CNC(=O)c2ccc(N)cc2)cc1. The molecule has 2 rings (SSSR count). The Labute approximate surface area is 123 Å². The van der Waals surface area contributed by atoms with Gasteiger partial charge in [0, 0.05) is 16.9 Å². The lowest BCUT2D eigenvalue weighted by Crippen LogP contribution is -2.32. The largest absolute Gasteiger partial charge is 0.399 e. The van der Waals surface area contributed by atoms with Gasteiger partial charge >= 0.3 is 0 Å². The molecule has 0 saturated carbocycles. The van der Waals surface area contributed by atoms with E-state index in [1.165, 1.54) is 0 Å². The topological polar surface area (TPSA) is 84.2 Å². The van der Waals surface area contributed by atoms with E-state index < -0.39 is 0 Å². The first-order valence-corrected chi connectivity index (χ1v) is 6.55. The van der Waals surface area contributed by atoms with Crippen molar-refractivity contribution in [1.29, 1.82) is 0 Å². The first kappa shape index (κ1) is 14.6. The Hall–Kier alpha value is -2.82. The predicted molar refractivity (Wildman–Crippen MR) is 83.0 cm³/mol. The number of nitrogen functional groups attached to an aromatic ring is 1. The lowest BCUT2D eigenvalue weighted by atomic mass is 10.2. The molecule has 0 bridgehead atoms. The molecule has 0 saturated heterocycles. The molecule has 2 aromatic rings. The van der Waals surface area contributed by atoms with Crippen LogP contribution >= 0.6 is 0 Å². The minimum atomic E-state index is -0.311. The highest BCUT2D eigenvalue weighted by Crippen LogP contribution is 2.08. The van der Waals surface area contributed by atoms with Gasteiger partial charge in [-0.15, -0.1) is 0 Å². The summed E-state index contributed by atoms with van der Waals surface area (Å²) in [7, 11) is 0. The zero-order valence-electron chi connectivity index (χ0n) is 11.7. The molecular weight excluding hydrogens is 266 g/mol. The Morgan fingerprint density at radius 3 is 2.24 bits per heavy atom. The van der Waals surface area contributed by atoms with Gasteiger partial charge < -0.3 is 16.4 Å². The molecule has 0 radical (unpaired) electrons. The van der Waals surface area contributed by atoms with E-state index in [9.17, 15) is 9.59 Å². The molecule has 0 aliphatic carbocycles. The summed E-state index contributed by atoms with van der Waals surface area (Å²) in [6.45, 7) is 1.88. The van der Waals surface area contributed by atoms with Crippen molar-refractivity contribution in [1.82, 2.24) is 5.32 Å². The van der Waals surface area contributed by atoms with Crippen molar-refractivity contribution in [3.8, 4) is 0 Å². The highest BCUT2D eigenvalue weighted by Gasteiger charge is 2.08. The number of nitrogens with one attached hydrogen (secondary N) is 2. The first-order valence-electron chi connectivity index (χ1n) is 6.55. The van der Waals surface area contributed by atoms with Crippen LogP contribution in [0.1, 0.15) is 15.9 Å². The molecule has 0 spiro atoms. The average molecular weight is 283 g/mol. The van der Waals surface area contributed by atoms with Gasteiger partial charge in [0.2, 0.25) is 5.91 Å². The Bertz CT molecular complexity index is 634. The molecule has 0 atom stereocenters. The predicted octanol–water partition coefficient (Wildman–Crippen LogP) is 1.95. The maximum Gasteiger partial charge on any atom is 0.251 e. The Balaban J connectivity index is 1.84. The van der Waals surface area contributed by atoms with Crippen molar-refractivity contribution < 1.29 is 9.59 Å². The Kier molecular flexibility index (Phi) is 4.56. The second-order valence-electron chi connectivity index (χ2n) is 4.72. The molecule has 2 aromatic carbocycles. The molecule has 0 unspecified atom stereocenters. The number of benzene rings is 2. The molecule has 0 aliphatic rings. The third-order valence-corrected chi connectivity index (χ3v) is 2.92. The van der Waals surface area contributed by atoms with E-state index in [1.807, 2.05) is 31.2 Å². The van der Waals surface area contributed by atoms with Gasteiger partial charge in [0.15, 0.2) is 0 Å². The lowest BCUT2D eigenvalue weighted by molar-refractivity contribution is -0.115. The van der Waals surface area contributed by atoms with Gasteiger partial charge in [0.05, 0.1) is 6.54 Å². The molecular formula is C16H17N3O2. The maximum absolute atomic E-state index is 11.8. The Morgan fingerprint density at radius 2 is 1.62 bits per heavy atom. The normalized spacial score (nSPS) is 9.95. The highest BCUT2D eigenvalue weighted by atomic mass is 16.2. The molecule has 5 nitrogen and oxygen atoms in total. The molecule has 2 amide bonds. The number of anilines is 2. The van der Waals surface area contributed by atoms with Crippen LogP contribution in [-0.4, -0.2) is 18.4 Å². The van der Waals surface area contributed by atoms with Gasteiger partial charge in [-0.25, -0.2) is 0 Å². The summed E-state index contributed by atoms with van der Waals surface area (Å²) < 4.78 is 0. The quantitative estimate of drug-likeness (QED) is 0.750. The van der Waals surface area contributed by atoms with E-state index in [-0.39, 0.29) is 18.4 Å². The molecule has 0 heterocycles. The van der Waals surface area contributed by atoms with Crippen LogP contribution in [0, 0.1) is 6.92 Å². The zero-order chi connectivity index (χ0) is 15.2. The van der Waals surface area contributed by atoms with Crippen LogP contribution < -0.4 is 16.4 Å². The molecule has 4 N–H and O–H groups in total. The van der Waals surface area contributed by atoms with Gasteiger partial charge in [0.25, 0.3) is 5.91 Å². The van der Waals surface area contributed by atoms with Crippen molar-refractivity contribution in [2.75, 3.05) is 17.6 Å². The van der Waals surface area contributed by atoms with E-state index in [1.54, 1.807) is 24.3 Å². The highest BCUT2D eigenvalue weighted by molar-refractivity contribution is 5.99. The second kappa shape index (κ2) is 6.56. The molecule has 5 heteroatoms. The van der Waals surface area contributed by atoms with Crippen LogP contribution in [0.4, 0.5) is 11.4 Å². The summed E-state index contributed by atoms with van der Waals surface area (Å²) in [6, 6.07) is 13.9. The number of carbonyl (C=O) groups is 2. The molecule has 0 aliphatic heterocycles. The van der Waals surface area contributed by atoms with Gasteiger partial charge in [0.1, 0.15) is 0 Å². The van der Waals surface area contributed by atoms with Gasteiger partial charge in [-0.3, -0.25) is 9.59 Å². The van der Waals surface area contributed by atoms with Crippen molar-refractivity contribution in [2.45, 2.75) is 6.92 Å². The minimum absolute atomic E-state index is 0.0862. The van der Waals surface area contributed by atoms with E-state index in [0.717, 1.165) is 5.56 Å². The molecule has 108 valence electrons. The third-order valence-electron chi connectivity index (χ3n) is 2.92.